The van der Waals surface area contributed by atoms with Crippen LogP contribution in [0.25, 0.3) is 10.9 Å². The molecule has 0 saturated carbocycles. The van der Waals surface area contributed by atoms with Crippen molar-refractivity contribution in [3.05, 3.63) is 65.6 Å². The molecule has 27 heavy (non-hydrogen) atoms. The second kappa shape index (κ2) is 8.14. The molecule has 0 radical (unpaired) electrons. The highest BCUT2D eigenvalue weighted by molar-refractivity contribution is 6.06. The molecule has 3 aromatic rings. The molecule has 0 unspecified atom stereocenters. The summed E-state index contributed by atoms with van der Waals surface area (Å²) in [5, 5.41) is 3.58. The lowest BCUT2D eigenvalue weighted by atomic mass is 10.1. The van der Waals surface area contributed by atoms with Crippen molar-refractivity contribution in [2.45, 2.75) is 6.92 Å². The van der Waals surface area contributed by atoms with Crippen LogP contribution in [0.15, 0.2) is 48.5 Å². The van der Waals surface area contributed by atoms with Crippen LogP contribution in [0.3, 0.4) is 0 Å². The number of likely N-dealkylation sites (N-methyl/N-ethyl adjacent to an activating group) is 1. The summed E-state index contributed by atoms with van der Waals surface area (Å²) in [4.78, 5) is 19.0. The molecule has 0 bridgehead atoms. The van der Waals surface area contributed by atoms with Crippen LogP contribution < -0.4 is 10.1 Å². The number of rotatable bonds is 6. The molecule has 140 valence electrons. The van der Waals surface area contributed by atoms with Gasteiger partial charge in [-0.05, 0) is 63.5 Å². The fourth-order valence-corrected chi connectivity index (χ4v) is 2.65. The van der Waals surface area contributed by atoms with Gasteiger partial charge >= 0.3 is 0 Å². The fraction of sp³-hybridized carbons (Fsp3) is 0.238. The van der Waals surface area contributed by atoms with Gasteiger partial charge < -0.3 is 15.0 Å². The third-order valence-corrected chi connectivity index (χ3v) is 4.13. The zero-order chi connectivity index (χ0) is 19.4. The van der Waals surface area contributed by atoms with Crippen molar-refractivity contribution in [2.24, 2.45) is 0 Å². The molecule has 0 atom stereocenters. The van der Waals surface area contributed by atoms with Gasteiger partial charge in [-0.2, -0.15) is 0 Å². The van der Waals surface area contributed by atoms with Crippen LogP contribution in [0, 0.1) is 12.7 Å². The lowest BCUT2D eigenvalue weighted by Crippen LogP contribution is -2.19. The van der Waals surface area contributed by atoms with E-state index >= 15 is 0 Å². The molecule has 2 aromatic carbocycles. The SMILES string of the molecule is Cc1nc2cc(F)ccc2cc1C(=O)Nc1ccc(OCCN(C)C)cc1. The summed E-state index contributed by atoms with van der Waals surface area (Å²) in [5.41, 5.74) is 2.21. The number of halogens is 1. The Labute approximate surface area is 157 Å². The number of carbonyl (C=O) groups excluding carboxylic acids is 1. The lowest BCUT2D eigenvalue weighted by Gasteiger charge is -2.12. The molecule has 0 aliphatic carbocycles. The molecule has 1 heterocycles. The zero-order valence-corrected chi connectivity index (χ0v) is 15.6. The highest BCUT2D eigenvalue weighted by Crippen LogP contribution is 2.20. The standard InChI is InChI=1S/C21H22FN3O2/c1-14-19(12-15-4-5-16(22)13-20(15)23-14)21(26)24-17-6-8-18(9-7-17)27-11-10-25(2)3/h4-9,12-13H,10-11H2,1-3H3,(H,24,26). The summed E-state index contributed by atoms with van der Waals surface area (Å²) in [6, 6.07) is 13.3. The van der Waals surface area contributed by atoms with Crippen LogP contribution in [0.5, 0.6) is 5.75 Å². The number of nitrogens with one attached hydrogen (secondary N) is 1. The Bertz CT molecular complexity index is 956. The fourth-order valence-electron chi connectivity index (χ4n) is 2.65. The minimum Gasteiger partial charge on any atom is -0.492 e. The third kappa shape index (κ3) is 4.80. The van der Waals surface area contributed by atoms with Gasteiger partial charge in [-0.15, -0.1) is 0 Å². The van der Waals surface area contributed by atoms with Gasteiger partial charge in [0.2, 0.25) is 0 Å². The number of hydrogen-bond donors (Lipinski definition) is 1. The van der Waals surface area contributed by atoms with E-state index in [2.05, 4.69) is 10.3 Å². The number of carbonyl (C=O) groups is 1. The van der Waals surface area contributed by atoms with Crippen molar-refractivity contribution >= 4 is 22.5 Å². The smallest absolute Gasteiger partial charge is 0.257 e. The van der Waals surface area contributed by atoms with Crippen LogP contribution >= 0.6 is 0 Å². The van der Waals surface area contributed by atoms with Gasteiger partial charge in [0.25, 0.3) is 5.91 Å². The van der Waals surface area contributed by atoms with Crippen molar-refractivity contribution in [3.63, 3.8) is 0 Å². The average Bonchev–Trinajstić information content (AvgIpc) is 2.62. The first kappa shape index (κ1) is 18.8. The van der Waals surface area contributed by atoms with E-state index in [0.29, 0.717) is 29.1 Å². The summed E-state index contributed by atoms with van der Waals surface area (Å²) in [6.07, 6.45) is 0. The number of hydrogen-bond acceptors (Lipinski definition) is 4. The van der Waals surface area contributed by atoms with Crippen LogP contribution in [-0.4, -0.2) is 43.0 Å². The van der Waals surface area contributed by atoms with E-state index in [-0.39, 0.29) is 11.7 Å². The quantitative estimate of drug-likeness (QED) is 0.718. The summed E-state index contributed by atoms with van der Waals surface area (Å²) in [5.74, 6) is 0.146. The molecule has 0 spiro atoms. The molecular formula is C21H22FN3O2. The van der Waals surface area contributed by atoms with Crippen molar-refractivity contribution in [1.29, 1.82) is 0 Å². The largest absolute Gasteiger partial charge is 0.492 e. The predicted molar refractivity (Wildman–Crippen MR) is 105 cm³/mol. The van der Waals surface area contributed by atoms with E-state index in [1.54, 1.807) is 31.2 Å². The van der Waals surface area contributed by atoms with Gasteiger partial charge in [0.15, 0.2) is 0 Å². The molecule has 0 aliphatic heterocycles. The van der Waals surface area contributed by atoms with Crippen molar-refractivity contribution in [1.82, 2.24) is 9.88 Å². The number of pyridine rings is 1. The van der Waals surface area contributed by atoms with Crippen LogP contribution in [0.2, 0.25) is 0 Å². The number of aryl methyl sites for hydroxylation is 1. The average molecular weight is 367 g/mol. The maximum Gasteiger partial charge on any atom is 0.257 e. The molecule has 0 aliphatic rings. The first-order valence-electron chi connectivity index (χ1n) is 8.68. The van der Waals surface area contributed by atoms with E-state index in [0.717, 1.165) is 17.7 Å². The lowest BCUT2D eigenvalue weighted by molar-refractivity contribution is 0.102. The van der Waals surface area contributed by atoms with E-state index in [4.69, 9.17) is 4.74 Å². The number of fused-ring (bicyclic) bond motifs is 1. The third-order valence-electron chi connectivity index (χ3n) is 4.13. The highest BCUT2D eigenvalue weighted by atomic mass is 19.1. The van der Waals surface area contributed by atoms with Crippen LogP contribution in [0.1, 0.15) is 16.1 Å². The molecule has 1 amide bonds. The normalized spacial score (nSPS) is 11.0. The Morgan fingerprint density at radius 2 is 1.89 bits per heavy atom. The Morgan fingerprint density at radius 1 is 1.15 bits per heavy atom. The van der Waals surface area contributed by atoms with Crippen LogP contribution in [-0.2, 0) is 0 Å². The Morgan fingerprint density at radius 3 is 2.59 bits per heavy atom. The Kier molecular flexibility index (Phi) is 5.66. The summed E-state index contributed by atoms with van der Waals surface area (Å²) in [6.45, 7) is 3.17. The van der Waals surface area contributed by atoms with Crippen molar-refractivity contribution in [2.75, 3.05) is 32.6 Å². The number of aromatic nitrogens is 1. The van der Waals surface area contributed by atoms with E-state index in [1.807, 2.05) is 31.1 Å². The number of amides is 1. The number of ether oxygens (including phenoxy) is 1. The number of anilines is 1. The molecule has 1 N–H and O–H groups in total. The summed E-state index contributed by atoms with van der Waals surface area (Å²) in [7, 11) is 3.98. The minimum atomic E-state index is -0.348. The molecule has 1 aromatic heterocycles. The molecule has 5 nitrogen and oxygen atoms in total. The van der Waals surface area contributed by atoms with E-state index < -0.39 is 0 Å². The van der Waals surface area contributed by atoms with Gasteiger partial charge in [-0.1, -0.05) is 0 Å². The predicted octanol–water partition coefficient (Wildman–Crippen LogP) is 3.88. The second-order valence-corrected chi connectivity index (χ2v) is 6.59. The van der Waals surface area contributed by atoms with Gasteiger partial charge in [0.1, 0.15) is 18.2 Å². The number of benzene rings is 2. The van der Waals surface area contributed by atoms with Gasteiger partial charge in [0, 0.05) is 23.7 Å². The van der Waals surface area contributed by atoms with Gasteiger partial charge in [-0.3, -0.25) is 9.78 Å². The molecule has 3 rings (SSSR count). The minimum absolute atomic E-state index is 0.257. The first-order valence-corrected chi connectivity index (χ1v) is 8.68. The van der Waals surface area contributed by atoms with Gasteiger partial charge in [-0.25, -0.2) is 4.39 Å². The maximum absolute atomic E-state index is 13.3. The van der Waals surface area contributed by atoms with Crippen molar-refractivity contribution in [3.8, 4) is 5.75 Å². The first-order chi connectivity index (χ1) is 12.9. The summed E-state index contributed by atoms with van der Waals surface area (Å²) >= 11 is 0. The van der Waals surface area contributed by atoms with E-state index in [9.17, 15) is 9.18 Å². The van der Waals surface area contributed by atoms with Crippen LogP contribution in [0.4, 0.5) is 10.1 Å². The molecule has 6 heteroatoms. The number of nitrogens with zero attached hydrogens (tertiary/aromatic N) is 2. The highest BCUT2D eigenvalue weighted by Gasteiger charge is 2.12. The van der Waals surface area contributed by atoms with Crippen molar-refractivity contribution < 1.29 is 13.9 Å². The van der Waals surface area contributed by atoms with E-state index in [1.165, 1.54) is 12.1 Å². The second-order valence-electron chi connectivity index (χ2n) is 6.59. The Balaban J connectivity index is 1.70. The molecule has 0 fully saturated rings. The zero-order valence-electron chi connectivity index (χ0n) is 15.6. The molecule has 0 saturated heterocycles. The Hall–Kier alpha value is -2.99. The monoisotopic (exact) mass is 367 g/mol. The summed E-state index contributed by atoms with van der Waals surface area (Å²) < 4.78 is 19.0. The van der Waals surface area contributed by atoms with Gasteiger partial charge in [0.05, 0.1) is 16.8 Å². The topological polar surface area (TPSA) is 54.5 Å². The molecular weight excluding hydrogens is 345 g/mol. The maximum atomic E-state index is 13.3.